The van der Waals surface area contributed by atoms with Crippen LogP contribution in [0.5, 0.6) is 0 Å². The van der Waals surface area contributed by atoms with E-state index in [2.05, 4.69) is 31.3 Å². The summed E-state index contributed by atoms with van der Waals surface area (Å²) >= 11 is 1.70. The lowest BCUT2D eigenvalue weighted by Gasteiger charge is -2.35. The summed E-state index contributed by atoms with van der Waals surface area (Å²) in [5.74, 6) is 1.75. The Morgan fingerprint density at radius 3 is 2.34 bits per heavy atom. The van der Waals surface area contributed by atoms with Gasteiger partial charge in [-0.05, 0) is 43.0 Å². The summed E-state index contributed by atoms with van der Waals surface area (Å²) in [6, 6.07) is 14.0. The summed E-state index contributed by atoms with van der Waals surface area (Å²) in [7, 11) is 0. The minimum absolute atomic E-state index is 0.0790. The second-order valence-electron chi connectivity index (χ2n) is 7.85. The third-order valence-corrected chi connectivity index (χ3v) is 6.88. The van der Waals surface area contributed by atoms with Crippen molar-refractivity contribution in [1.29, 1.82) is 0 Å². The minimum Gasteiger partial charge on any atom is -0.353 e. The largest absolute Gasteiger partial charge is 0.353 e. The van der Waals surface area contributed by atoms with E-state index >= 15 is 0 Å². The first-order chi connectivity index (χ1) is 15.6. The van der Waals surface area contributed by atoms with Crippen molar-refractivity contribution in [2.75, 3.05) is 31.1 Å². The molecule has 3 aromatic heterocycles. The molecule has 0 atom stereocenters. The first-order valence-electron chi connectivity index (χ1n) is 10.6. The van der Waals surface area contributed by atoms with E-state index in [0.717, 1.165) is 47.2 Å². The molecule has 0 saturated carbocycles. The Morgan fingerprint density at radius 1 is 0.938 bits per heavy atom. The van der Waals surface area contributed by atoms with E-state index in [1.807, 2.05) is 59.7 Å². The molecule has 0 radical (unpaired) electrons. The molecule has 0 aliphatic carbocycles. The summed E-state index contributed by atoms with van der Waals surface area (Å²) in [6.45, 7) is 6.80. The fraction of sp³-hybridized carbons (Fsp3) is 0.250. The van der Waals surface area contributed by atoms with E-state index in [1.165, 1.54) is 4.88 Å². The molecular weight excluding hydrogens is 420 g/mol. The highest BCUT2D eigenvalue weighted by atomic mass is 32.1. The molecule has 0 bridgehead atoms. The summed E-state index contributed by atoms with van der Waals surface area (Å²) in [5.41, 5.74) is 3.93. The Morgan fingerprint density at radius 2 is 1.69 bits per heavy atom. The van der Waals surface area contributed by atoms with E-state index in [1.54, 1.807) is 24.0 Å². The van der Waals surface area contributed by atoms with Crippen LogP contribution in [0.1, 0.15) is 21.7 Å². The second kappa shape index (κ2) is 8.55. The lowest BCUT2D eigenvalue weighted by atomic mass is 10.1. The smallest absolute Gasteiger partial charge is 0.253 e. The van der Waals surface area contributed by atoms with Gasteiger partial charge in [0.05, 0.1) is 5.69 Å². The van der Waals surface area contributed by atoms with Crippen LogP contribution in [0.2, 0.25) is 0 Å². The Balaban J connectivity index is 1.25. The van der Waals surface area contributed by atoms with Gasteiger partial charge >= 0.3 is 0 Å². The van der Waals surface area contributed by atoms with Crippen molar-refractivity contribution >= 4 is 23.1 Å². The SMILES string of the molecule is Cc1ncn(-c2cc(N3CCN(C(=O)c4ccc(-c5cccs5)cc4)CC3)ncn2)c1C. The highest BCUT2D eigenvalue weighted by Crippen LogP contribution is 2.25. The van der Waals surface area contributed by atoms with Crippen LogP contribution in [0.25, 0.3) is 16.3 Å². The fourth-order valence-corrected chi connectivity index (χ4v) is 4.65. The number of aromatic nitrogens is 4. The lowest BCUT2D eigenvalue weighted by Crippen LogP contribution is -2.49. The maximum absolute atomic E-state index is 13.0. The summed E-state index contributed by atoms with van der Waals surface area (Å²) in [4.78, 5) is 31.6. The van der Waals surface area contributed by atoms with Crippen molar-refractivity contribution in [2.45, 2.75) is 13.8 Å². The van der Waals surface area contributed by atoms with Gasteiger partial charge in [-0.15, -0.1) is 11.3 Å². The lowest BCUT2D eigenvalue weighted by molar-refractivity contribution is 0.0746. The zero-order chi connectivity index (χ0) is 22.1. The number of benzene rings is 1. The molecule has 1 aromatic carbocycles. The number of nitrogens with zero attached hydrogens (tertiary/aromatic N) is 6. The highest BCUT2D eigenvalue weighted by Gasteiger charge is 2.23. The first kappa shape index (κ1) is 20.4. The number of imidazole rings is 1. The molecule has 0 spiro atoms. The number of hydrogen-bond donors (Lipinski definition) is 0. The zero-order valence-corrected chi connectivity index (χ0v) is 18.9. The summed E-state index contributed by atoms with van der Waals surface area (Å²) in [5, 5.41) is 2.06. The number of hydrogen-bond acceptors (Lipinski definition) is 6. The van der Waals surface area contributed by atoms with Gasteiger partial charge in [0.1, 0.15) is 24.3 Å². The van der Waals surface area contributed by atoms with Crippen molar-refractivity contribution in [1.82, 2.24) is 24.4 Å². The Hall–Kier alpha value is -3.52. The average Bonchev–Trinajstić information content (AvgIpc) is 3.50. The molecule has 0 N–H and O–H groups in total. The molecule has 4 heterocycles. The maximum atomic E-state index is 13.0. The zero-order valence-electron chi connectivity index (χ0n) is 18.1. The second-order valence-corrected chi connectivity index (χ2v) is 8.80. The molecular formula is C24H24N6OS. The van der Waals surface area contributed by atoms with Gasteiger partial charge in [0, 0.05) is 48.4 Å². The molecule has 5 rings (SSSR count). The van der Waals surface area contributed by atoms with Gasteiger partial charge in [0.15, 0.2) is 0 Å². The van der Waals surface area contributed by atoms with E-state index in [9.17, 15) is 4.79 Å². The third-order valence-electron chi connectivity index (χ3n) is 5.97. The van der Waals surface area contributed by atoms with E-state index in [0.29, 0.717) is 13.1 Å². The van der Waals surface area contributed by atoms with Crippen LogP contribution < -0.4 is 4.90 Å². The molecule has 162 valence electrons. The van der Waals surface area contributed by atoms with E-state index in [4.69, 9.17) is 0 Å². The molecule has 1 saturated heterocycles. The number of amides is 1. The predicted octanol–water partition coefficient (Wildman–Crippen LogP) is 3.97. The molecule has 7 nitrogen and oxygen atoms in total. The number of piperazine rings is 1. The van der Waals surface area contributed by atoms with Crippen LogP contribution in [0, 0.1) is 13.8 Å². The molecule has 1 amide bonds. The number of rotatable bonds is 4. The third kappa shape index (κ3) is 3.89. The van der Waals surface area contributed by atoms with Gasteiger partial charge in [-0.1, -0.05) is 18.2 Å². The van der Waals surface area contributed by atoms with Crippen LogP contribution >= 0.6 is 11.3 Å². The van der Waals surface area contributed by atoms with Crippen LogP contribution in [0.4, 0.5) is 5.82 Å². The quantitative estimate of drug-likeness (QED) is 0.477. The van der Waals surface area contributed by atoms with Crippen molar-refractivity contribution in [3.8, 4) is 16.3 Å². The van der Waals surface area contributed by atoms with E-state index in [-0.39, 0.29) is 5.91 Å². The van der Waals surface area contributed by atoms with Gasteiger partial charge in [-0.25, -0.2) is 15.0 Å². The molecule has 8 heteroatoms. The number of aryl methyl sites for hydroxylation is 1. The minimum atomic E-state index is 0.0790. The van der Waals surface area contributed by atoms with Gasteiger partial charge in [-0.3, -0.25) is 9.36 Å². The maximum Gasteiger partial charge on any atom is 0.253 e. The number of thiophene rings is 1. The molecule has 1 aliphatic rings. The van der Waals surface area contributed by atoms with Gasteiger partial charge in [0.2, 0.25) is 0 Å². The van der Waals surface area contributed by atoms with E-state index < -0.39 is 0 Å². The Labute approximate surface area is 191 Å². The Kier molecular flexibility index (Phi) is 5.45. The highest BCUT2D eigenvalue weighted by molar-refractivity contribution is 7.13. The van der Waals surface area contributed by atoms with Crippen molar-refractivity contribution < 1.29 is 4.79 Å². The molecule has 4 aromatic rings. The van der Waals surface area contributed by atoms with Crippen molar-refractivity contribution in [3.05, 3.63) is 77.5 Å². The first-order valence-corrected chi connectivity index (χ1v) is 11.5. The summed E-state index contributed by atoms with van der Waals surface area (Å²) < 4.78 is 1.97. The van der Waals surface area contributed by atoms with Crippen molar-refractivity contribution in [3.63, 3.8) is 0 Å². The molecule has 1 fully saturated rings. The van der Waals surface area contributed by atoms with Crippen LogP contribution in [-0.4, -0.2) is 56.5 Å². The Bertz CT molecular complexity index is 1220. The van der Waals surface area contributed by atoms with Gasteiger partial charge in [0.25, 0.3) is 5.91 Å². The number of anilines is 1. The monoisotopic (exact) mass is 444 g/mol. The van der Waals surface area contributed by atoms with Crippen LogP contribution in [0.3, 0.4) is 0 Å². The van der Waals surface area contributed by atoms with Gasteiger partial charge in [-0.2, -0.15) is 0 Å². The van der Waals surface area contributed by atoms with Crippen LogP contribution in [0.15, 0.2) is 60.5 Å². The van der Waals surface area contributed by atoms with Gasteiger partial charge < -0.3 is 9.80 Å². The number of carbonyl (C=O) groups is 1. The summed E-state index contributed by atoms with van der Waals surface area (Å²) in [6.07, 6.45) is 3.38. The molecule has 1 aliphatic heterocycles. The van der Waals surface area contributed by atoms with Crippen molar-refractivity contribution in [2.24, 2.45) is 0 Å². The topological polar surface area (TPSA) is 67.2 Å². The number of carbonyl (C=O) groups excluding carboxylic acids is 1. The normalized spacial score (nSPS) is 14.1. The molecule has 32 heavy (non-hydrogen) atoms. The standard InChI is InChI=1S/C24H24N6OS/c1-17-18(2)30(16-27-17)23-14-22(25-15-26-23)28-9-11-29(12-10-28)24(31)20-7-5-19(6-8-20)21-4-3-13-32-21/h3-8,13-16H,9-12H2,1-2H3. The fourth-order valence-electron chi connectivity index (χ4n) is 3.91. The average molecular weight is 445 g/mol. The molecule has 0 unspecified atom stereocenters. The van der Waals surface area contributed by atoms with Crippen LogP contribution in [-0.2, 0) is 0 Å². The predicted molar refractivity (Wildman–Crippen MR) is 126 cm³/mol.